The second-order valence-corrected chi connectivity index (χ2v) is 8.16. The van der Waals surface area contributed by atoms with Gasteiger partial charge in [0.05, 0.1) is 18.3 Å². The van der Waals surface area contributed by atoms with Crippen molar-refractivity contribution >= 4 is 5.97 Å². The minimum atomic E-state index is -0.924. The van der Waals surface area contributed by atoms with Crippen LogP contribution >= 0.6 is 0 Å². The summed E-state index contributed by atoms with van der Waals surface area (Å²) in [6.45, 7) is 3.62. The smallest absolute Gasteiger partial charge is 0.335 e. The first kappa shape index (κ1) is 22.8. The van der Waals surface area contributed by atoms with Gasteiger partial charge < -0.3 is 25.0 Å². The van der Waals surface area contributed by atoms with Crippen LogP contribution in [0.2, 0.25) is 0 Å². The van der Waals surface area contributed by atoms with Crippen molar-refractivity contribution in [3.8, 4) is 22.6 Å². The average molecular weight is 448 g/mol. The number of nitrogens with one attached hydrogen (secondary N) is 1. The quantitative estimate of drug-likeness (QED) is 0.449. The maximum atomic E-state index is 11.1. The van der Waals surface area contributed by atoms with E-state index in [-0.39, 0.29) is 11.7 Å². The number of hydrogen-bond acceptors (Lipinski definition) is 5. The Hall–Kier alpha value is -3.35. The summed E-state index contributed by atoms with van der Waals surface area (Å²) in [5.74, 6) is 0.717. The first-order chi connectivity index (χ1) is 16.0. The number of carbonyl (C=O) groups is 1. The van der Waals surface area contributed by atoms with Gasteiger partial charge in [-0.1, -0.05) is 30.3 Å². The SMILES string of the molecule is CCOc1cccc([C@H](O)CNC[C@H]2CCc3cc(-c4ccc(C(=O)O)cc4)ccc3O2)c1. The van der Waals surface area contributed by atoms with Crippen LogP contribution in [-0.4, -0.2) is 42.0 Å². The van der Waals surface area contributed by atoms with Crippen molar-refractivity contribution in [3.05, 3.63) is 83.4 Å². The molecule has 0 saturated heterocycles. The van der Waals surface area contributed by atoms with Crippen molar-refractivity contribution in [2.24, 2.45) is 0 Å². The van der Waals surface area contributed by atoms with Crippen LogP contribution in [0.25, 0.3) is 11.1 Å². The average Bonchev–Trinajstić information content (AvgIpc) is 2.84. The molecule has 0 radical (unpaired) electrons. The number of hydrogen-bond donors (Lipinski definition) is 3. The monoisotopic (exact) mass is 447 g/mol. The Kier molecular flexibility index (Phi) is 7.27. The minimum absolute atomic E-state index is 0.0418. The Morgan fingerprint density at radius 2 is 1.91 bits per heavy atom. The van der Waals surface area contributed by atoms with Gasteiger partial charge in [0.15, 0.2) is 0 Å². The van der Waals surface area contributed by atoms with Crippen LogP contribution < -0.4 is 14.8 Å². The summed E-state index contributed by atoms with van der Waals surface area (Å²) in [4.78, 5) is 11.1. The number of aromatic carboxylic acids is 1. The molecule has 1 heterocycles. The van der Waals surface area contributed by atoms with Gasteiger partial charge in [0.2, 0.25) is 0 Å². The van der Waals surface area contributed by atoms with Crippen molar-refractivity contribution in [2.75, 3.05) is 19.7 Å². The largest absolute Gasteiger partial charge is 0.494 e. The van der Waals surface area contributed by atoms with Gasteiger partial charge in [-0.3, -0.25) is 0 Å². The molecule has 0 spiro atoms. The predicted molar refractivity (Wildman–Crippen MR) is 127 cm³/mol. The highest BCUT2D eigenvalue weighted by Gasteiger charge is 2.20. The molecule has 3 aromatic carbocycles. The zero-order valence-corrected chi connectivity index (χ0v) is 18.7. The van der Waals surface area contributed by atoms with Gasteiger partial charge in [0, 0.05) is 13.1 Å². The summed E-state index contributed by atoms with van der Waals surface area (Å²) in [5.41, 5.74) is 4.28. The number of aliphatic hydroxyl groups is 1. The minimum Gasteiger partial charge on any atom is -0.494 e. The molecule has 1 aliphatic rings. The fraction of sp³-hybridized carbons (Fsp3) is 0.296. The Bertz CT molecular complexity index is 1100. The van der Waals surface area contributed by atoms with E-state index in [0.717, 1.165) is 46.6 Å². The van der Waals surface area contributed by atoms with E-state index < -0.39 is 12.1 Å². The van der Waals surface area contributed by atoms with Gasteiger partial charge in [0.1, 0.15) is 17.6 Å². The van der Waals surface area contributed by atoms with Crippen LogP contribution in [-0.2, 0) is 6.42 Å². The summed E-state index contributed by atoms with van der Waals surface area (Å²) in [5, 5.41) is 22.9. The van der Waals surface area contributed by atoms with E-state index in [9.17, 15) is 9.90 Å². The predicted octanol–water partition coefficient (Wildman–Crippen LogP) is 4.47. The first-order valence-electron chi connectivity index (χ1n) is 11.3. The second kappa shape index (κ2) is 10.5. The van der Waals surface area contributed by atoms with E-state index in [1.807, 2.05) is 55.5 Å². The van der Waals surface area contributed by atoms with E-state index >= 15 is 0 Å². The lowest BCUT2D eigenvalue weighted by Crippen LogP contribution is -2.36. The summed E-state index contributed by atoms with van der Waals surface area (Å²) in [6, 6.07) is 20.5. The van der Waals surface area contributed by atoms with Crippen LogP contribution in [0.1, 0.15) is 40.9 Å². The molecule has 0 fully saturated rings. The molecule has 0 bridgehead atoms. The van der Waals surface area contributed by atoms with E-state index in [2.05, 4.69) is 11.4 Å². The van der Waals surface area contributed by atoms with E-state index in [0.29, 0.717) is 19.7 Å². The van der Waals surface area contributed by atoms with Gasteiger partial charge in [0.25, 0.3) is 0 Å². The maximum Gasteiger partial charge on any atom is 0.335 e. The molecule has 3 aromatic rings. The molecule has 172 valence electrons. The molecule has 3 N–H and O–H groups in total. The van der Waals surface area contributed by atoms with Gasteiger partial charge >= 0.3 is 5.97 Å². The highest BCUT2D eigenvalue weighted by Crippen LogP contribution is 2.32. The first-order valence-corrected chi connectivity index (χ1v) is 11.3. The number of carboxylic acids is 1. The zero-order valence-electron chi connectivity index (χ0n) is 18.7. The van der Waals surface area contributed by atoms with Crippen LogP contribution in [0.15, 0.2) is 66.7 Å². The molecule has 0 amide bonds. The highest BCUT2D eigenvalue weighted by molar-refractivity contribution is 5.88. The molecule has 0 aliphatic carbocycles. The van der Waals surface area contributed by atoms with Gasteiger partial charge in [-0.15, -0.1) is 0 Å². The fourth-order valence-corrected chi connectivity index (χ4v) is 4.05. The third kappa shape index (κ3) is 5.72. The summed E-state index contributed by atoms with van der Waals surface area (Å²) < 4.78 is 11.7. The van der Waals surface area contributed by atoms with Crippen LogP contribution in [0.4, 0.5) is 0 Å². The van der Waals surface area contributed by atoms with Gasteiger partial charge in [-0.2, -0.15) is 0 Å². The number of aryl methyl sites for hydroxylation is 1. The van der Waals surface area contributed by atoms with Crippen molar-refractivity contribution in [1.82, 2.24) is 5.32 Å². The second-order valence-electron chi connectivity index (χ2n) is 8.16. The Labute approximate surface area is 193 Å². The molecule has 0 saturated carbocycles. The van der Waals surface area contributed by atoms with Crippen LogP contribution in [0.5, 0.6) is 11.5 Å². The molecular weight excluding hydrogens is 418 g/mol. The van der Waals surface area contributed by atoms with Gasteiger partial charge in [-0.25, -0.2) is 4.79 Å². The Morgan fingerprint density at radius 1 is 1.12 bits per heavy atom. The van der Waals surface area contributed by atoms with Crippen molar-refractivity contribution < 1.29 is 24.5 Å². The molecule has 33 heavy (non-hydrogen) atoms. The molecular formula is C27H29NO5. The number of benzene rings is 3. The number of carboxylic acid groups (broad SMARTS) is 1. The number of fused-ring (bicyclic) bond motifs is 1. The lowest BCUT2D eigenvalue weighted by atomic mass is 9.96. The topological polar surface area (TPSA) is 88.0 Å². The van der Waals surface area contributed by atoms with E-state index in [1.54, 1.807) is 12.1 Å². The van der Waals surface area contributed by atoms with E-state index in [1.165, 1.54) is 0 Å². The summed E-state index contributed by atoms with van der Waals surface area (Å²) >= 11 is 0. The molecule has 2 atom stereocenters. The molecule has 0 aromatic heterocycles. The zero-order chi connectivity index (χ0) is 23.2. The van der Waals surface area contributed by atoms with Crippen molar-refractivity contribution in [1.29, 1.82) is 0 Å². The normalized spacial score (nSPS) is 15.9. The molecule has 4 rings (SSSR count). The Balaban J connectivity index is 1.31. The lowest BCUT2D eigenvalue weighted by molar-refractivity contribution is 0.0697. The van der Waals surface area contributed by atoms with Crippen LogP contribution in [0.3, 0.4) is 0 Å². The summed E-state index contributed by atoms with van der Waals surface area (Å²) in [6.07, 6.45) is 1.22. The maximum absolute atomic E-state index is 11.1. The highest BCUT2D eigenvalue weighted by atomic mass is 16.5. The standard InChI is InChI=1S/C27H29NO5/c1-2-32-23-5-3-4-21(15-23)25(29)17-28-16-24-12-10-22-14-20(11-13-26(22)33-24)18-6-8-19(9-7-18)27(30)31/h3-9,11,13-15,24-25,28-29H,2,10,12,16-17H2,1H3,(H,30,31)/t24-,25-/m1/s1. The third-order valence-electron chi connectivity index (χ3n) is 5.82. The van der Waals surface area contributed by atoms with Crippen molar-refractivity contribution in [2.45, 2.75) is 32.0 Å². The van der Waals surface area contributed by atoms with E-state index in [4.69, 9.17) is 14.6 Å². The third-order valence-corrected chi connectivity index (χ3v) is 5.82. The fourth-order valence-electron chi connectivity index (χ4n) is 4.05. The molecule has 6 nitrogen and oxygen atoms in total. The molecule has 1 aliphatic heterocycles. The number of rotatable bonds is 9. The van der Waals surface area contributed by atoms with Crippen LogP contribution in [0, 0.1) is 0 Å². The molecule has 6 heteroatoms. The number of aliphatic hydroxyl groups excluding tert-OH is 1. The van der Waals surface area contributed by atoms with Crippen molar-refractivity contribution in [3.63, 3.8) is 0 Å². The summed E-state index contributed by atoms with van der Waals surface area (Å²) in [7, 11) is 0. The van der Waals surface area contributed by atoms with Gasteiger partial charge in [-0.05, 0) is 78.4 Å². The molecule has 0 unspecified atom stereocenters. The number of ether oxygens (including phenoxy) is 2. The Morgan fingerprint density at radius 3 is 2.67 bits per heavy atom. The lowest BCUT2D eigenvalue weighted by Gasteiger charge is -2.27.